The highest BCUT2D eigenvalue weighted by molar-refractivity contribution is 6.01. The van der Waals surface area contributed by atoms with Crippen LogP contribution in [-0.2, 0) is 0 Å². The van der Waals surface area contributed by atoms with Gasteiger partial charge in [0.25, 0.3) is 5.91 Å². The molecule has 0 spiro atoms. The van der Waals surface area contributed by atoms with E-state index in [1.165, 1.54) is 0 Å². The number of nitrogens with one attached hydrogen (secondary N) is 2. The van der Waals surface area contributed by atoms with Gasteiger partial charge in [-0.1, -0.05) is 0 Å². The number of amides is 1. The lowest BCUT2D eigenvalue weighted by Gasteiger charge is -2.29. The lowest BCUT2D eigenvalue weighted by molar-refractivity contribution is 0.0916. The second-order valence-corrected chi connectivity index (χ2v) is 7.48. The van der Waals surface area contributed by atoms with Gasteiger partial charge < -0.3 is 19.6 Å². The first-order valence-corrected chi connectivity index (χ1v) is 9.57. The molecule has 5 heterocycles. The fourth-order valence-electron chi connectivity index (χ4n) is 3.87. The van der Waals surface area contributed by atoms with Gasteiger partial charge in [0.05, 0.1) is 5.56 Å². The van der Waals surface area contributed by atoms with E-state index in [4.69, 9.17) is 0 Å². The zero-order chi connectivity index (χ0) is 19.1. The quantitative estimate of drug-likeness (QED) is 0.578. The standard InChI is InChI=1S/C21H22N6O/c1-26-7-4-16(5-8-26)25-21(28)15-10-17-18(12-24-20(17)23-11-15)14-2-3-19-22-6-9-27(19)13-14/h2-3,6,9-13,16H,4-5,7-8H2,1H3,(H,23,24)(H,25,28). The summed E-state index contributed by atoms with van der Waals surface area (Å²) in [4.78, 5) is 27.0. The molecule has 0 saturated carbocycles. The number of fused-ring (bicyclic) bond motifs is 2. The van der Waals surface area contributed by atoms with Gasteiger partial charge in [0, 0.05) is 53.5 Å². The van der Waals surface area contributed by atoms with Crippen molar-refractivity contribution >= 4 is 22.6 Å². The predicted molar refractivity (Wildman–Crippen MR) is 108 cm³/mol. The van der Waals surface area contributed by atoms with Crippen LogP contribution in [0.1, 0.15) is 23.2 Å². The summed E-state index contributed by atoms with van der Waals surface area (Å²) in [5.41, 5.74) is 4.34. The van der Waals surface area contributed by atoms with Gasteiger partial charge in [-0.25, -0.2) is 9.97 Å². The summed E-state index contributed by atoms with van der Waals surface area (Å²) < 4.78 is 1.98. The van der Waals surface area contributed by atoms with Crippen molar-refractivity contribution in [3.63, 3.8) is 0 Å². The molecule has 2 N–H and O–H groups in total. The Morgan fingerprint density at radius 3 is 2.96 bits per heavy atom. The number of piperidine rings is 1. The molecule has 1 saturated heterocycles. The number of imidazole rings is 1. The topological polar surface area (TPSA) is 78.3 Å². The van der Waals surface area contributed by atoms with Crippen molar-refractivity contribution in [1.82, 2.24) is 29.6 Å². The number of aromatic amines is 1. The Morgan fingerprint density at radius 1 is 1.25 bits per heavy atom. The molecule has 0 aromatic carbocycles. The Bertz CT molecular complexity index is 1150. The highest BCUT2D eigenvalue weighted by Crippen LogP contribution is 2.28. The van der Waals surface area contributed by atoms with E-state index in [2.05, 4.69) is 32.2 Å². The molecule has 4 aromatic rings. The van der Waals surface area contributed by atoms with Crippen molar-refractivity contribution in [3.05, 3.63) is 54.7 Å². The molecule has 7 heteroatoms. The minimum Gasteiger partial charge on any atom is -0.349 e. The van der Waals surface area contributed by atoms with Crippen LogP contribution in [0.4, 0.5) is 0 Å². The lowest BCUT2D eigenvalue weighted by Crippen LogP contribution is -2.43. The number of carbonyl (C=O) groups is 1. The van der Waals surface area contributed by atoms with Crippen molar-refractivity contribution < 1.29 is 4.79 Å². The molecule has 5 rings (SSSR count). The average molecular weight is 374 g/mol. The van der Waals surface area contributed by atoms with Crippen LogP contribution in [0, 0.1) is 0 Å². The first kappa shape index (κ1) is 16.9. The van der Waals surface area contributed by atoms with Gasteiger partial charge >= 0.3 is 0 Å². The van der Waals surface area contributed by atoms with E-state index in [1.807, 2.05) is 41.2 Å². The summed E-state index contributed by atoms with van der Waals surface area (Å²) in [7, 11) is 2.12. The minimum absolute atomic E-state index is 0.0545. The molecule has 0 aliphatic carbocycles. The largest absolute Gasteiger partial charge is 0.349 e. The zero-order valence-corrected chi connectivity index (χ0v) is 15.7. The fraction of sp³-hybridized carbons (Fsp3) is 0.286. The van der Waals surface area contributed by atoms with E-state index in [-0.39, 0.29) is 11.9 Å². The van der Waals surface area contributed by atoms with E-state index in [0.717, 1.165) is 53.7 Å². The van der Waals surface area contributed by atoms with Crippen LogP contribution in [0.15, 0.2) is 49.2 Å². The van der Waals surface area contributed by atoms with Crippen molar-refractivity contribution in [2.75, 3.05) is 20.1 Å². The minimum atomic E-state index is -0.0545. The van der Waals surface area contributed by atoms with E-state index in [9.17, 15) is 4.79 Å². The molecule has 4 aromatic heterocycles. The van der Waals surface area contributed by atoms with Crippen molar-refractivity contribution in [3.8, 4) is 11.1 Å². The molecule has 1 fully saturated rings. The molecule has 0 atom stereocenters. The second kappa shape index (κ2) is 6.76. The third-order valence-electron chi connectivity index (χ3n) is 5.55. The van der Waals surface area contributed by atoms with E-state index in [1.54, 1.807) is 12.4 Å². The highest BCUT2D eigenvalue weighted by Gasteiger charge is 2.20. The van der Waals surface area contributed by atoms with Crippen LogP contribution in [0.3, 0.4) is 0 Å². The maximum atomic E-state index is 12.8. The van der Waals surface area contributed by atoms with E-state index >= 15 is 0 Å². The van der Waals surface area contributed by atoms with Crippen LogP contribution in [0.5, 0.6) is 0 Å². The van der Waals surface area contributed by atoms with Gasteiger partial charge in [0.2, 0.25) is 0 Å². The maximum Gasteiger partial charge on any atom is 0.253 e. The number of hydrogen-bond donors (Lipinski definition) is 2. The number of likely N-dealkylation sites (tertiary alicyclic amines) is 1. The Hall–Kier alpha value is -3.19. The summed E-state index contributed by atoms with van der Waals surface area (Å²) >= 11 is 0. The number of carbonyl (C=O) groups excluding carboxylic acids is 1. The van der Waals surface area contributed by atoms with Crippen molar-refractivity contribution in [2.24, 2.45) is 0 Å². The lowest BCUT2D eigenvalue weighted by atomic mass is 10.0. The molecule has 1 aliphatic rings. The van der Waals surface area contributed by atoms with Crippen LogP contribution < -0.4 is 5.32 Å². The van der Waals surface area contributed by atoms with Gasteiger partial charge in [-0.05, 0) is 51.2 Å². The number of hydrogen-bond acceptors (Lipinski definition) is 4. The molecule has 0 bridgehead atoms. The first-order chi connectivity index (χ1) is 13.7. The number of rotatable bonds is 3. The summed E-state index contributed by atoms with van der Waals surface area (Å²) in [6, 6.07) is 6.18. The third kappa shape index (κ3) is 3.03. The molecule has 0 radical (unpaired) electrons. The van der Waals surface area contributed by atoms with Gasteiger partial charge in [0.1, 0.15) is 11.3 Å². The molecule has 1 aliphatic heterocycles. The monoisotopic (exact) mass is 374 g/mol. The fourth-order valence-corrected chi connectivity index (χ4v) is 3.87. The number of H-pyrrole nitrogens is 1. The molecule has 142 valence electrons. The van der Waals surface area contributed by atoms with Crippen LogP contribution >= 0.6 is 0 Å². The van der Waals surface area contributed by atoms with Crippen molar-refractivity contribution in [1.29, 1.82) is 0 Å². The van der Waals surface area contributed by atoms with Crippen LogP contribution in [0.25, 0.3) is 27.8 Å². The normalized spacial score (nSPS) is 16.0. The molecule has 0 unspecified atom stereocenters. The highest BCUT2D eigenvalue weighted by atomic mass is 16.1. The summed E-state index contributed by atoms with van der Waals surface area (Å²) in [6.45, 7) is 2.03. The number of pyridine rings is 2. The van der Waals surface area contributed by atoms with Gasteiger partial charge in [-0.2, -0.15) is 0 Å². The van der Waals surface area contributed by atoms with E-state index < -0.39 is 0 Å². The Kier molecular flexibility index (Phi) is 4.09. The van der Waals surface area contributed by atoms with Gasteiger partial charge in [-0.15, -0.1) is 0 Å². The molecular weight excluding hydrogens is 352 g/mol. The second-order valence-electron chi connectivity index (χ2n) is 7.48. The zero-order valence-electron chi connectivity index (χ0n) is 15.7. The molecule has 28 heavy (non-hydrogen) atoms. The Morgan fingerprint density at radius 2 is 2.11 bits per heavy atom. The van der Waals surface area contributed by atoms with Gasteiger partial charge in [0.15, 0.2) is 0 Å². The van der Waals surface area contributed by atoms with Crippen molar-refractivity contribution in [2.45, 2.75) is 18.9 Å². The summed E-state index contributed by atoms with van der Waals surface area (Å²) in [5.74, 6) is -0.0545. The molecular formula is C21H22N6O. The van der Waals surface area contributed by atoms with Crippen LogP contribution in [0.2, 0.25) is 0 Å². The van der Waals surface area contributed by atoms with Gasteiger partial charge in [-0.3, -0.25) is 4.79 Å². The number of nitrogens with zero attached hydrogens (tertiary/aromatic N) is 4. The average Bonchev–Trinajstić information content (AvgIpc) is 3.35. The molecule has 1 amide bonds. The SMILES string of the molecule is CN1CCC(NC(=O)c2cnc3[nH]cc(-c4ccc5nccn5c4)c3c2)CC1. The third-order valence-corrected chi connectivity index (χ3v) is 5.55. The predicted octanol–water partition coefficient (Wildman–Crippen LogP) is 2.70. The van der Waals surface area contributed by atoms with E-state index in [0.29, 0.717) is 5.56 Å². The molecule has 7 nitrogen and oxygen atoms in total. The van der Waals surface area contributed by atoms with Crippen LogP contribution in [-0.4, -0.2) is 56.3 Å². The number of aromatic nitrogens is 4. The maximum absolute atomic E-state index is 12.8. The smallest absolute Gasteiger partial charge is 0.253 e. The summed E-state index contributed by atoms with van der Waals surface area (Å²) in [5, 5.41) is 4.10. The summed E-state index contributed by atoms with van der Waals surface area (Å²) in [6.07, 6.45) is 11.3. The first-order valence-electron chi connectivity index (χ1n) is 9.57. The Labute approximate surface area is 162 Å². The Balaban J connectivity index is 1.45.